The number of nitrogens with zero attached hydrogens (tertiary/aromatic N) is 2. The number of aryl methyl sites for hydroxylation is 1. The molecule has 0 radical (unpaired) electrons. The highest BCUT2D eigenvalue weighted by Gasteiger charge is 2.13. The number of carbonyl (C=O) groups excluding carboxylic acids is 1. The molecule has 1 aromatic carbocycles. The zero-order chi connectivity index (χ0) is 19.1. The van der Waals surface area contributed by atoms with Crippen LogP contribution in [0.15, 0.2) is 34.0 Å². The SMILES string of the molecule is Cc1csc(SCc2ccc(C(=O)NCCN(C(C)C)C(C)C)cc2)n1. The summed E-state index contributed by atoms with van der Waals surface area (Å²) in [6.45, 7) is 12.3. The molecule has 1 aromatic heterocycles. The van der Waals surface area contributed by atoms with Crippen molar-refractivity contribution in [1.29, 1.82) is 0 Å². The van der Waals surface area contributed by atoms with Crippen LogP contribution in [0.2, 0.25) is 0 Å². The highest BCUT2D eigenvalue weighted by Crippen LogP contribution is 2.26. The van der Waals surface area contributed by atoms with Crippen LogP contribution in [0.1, 0.15) is 49.3 Å². The Hall–Kier alpha value is -1.37. The Bertz CT molecular complexity index is 687. The Morgan fingerprint density at radius 2 is 1.85 bits per heavy atom. The van der Waals surface area contributed by atoms with E-state index in [9.17, 15) is 4.79 Å². The summed E-state index contributed by atoms with van der Waals surface area (Å²) in [5.74, 6) is 0.860. The maximum atomic E-state index is 12.3. The van der Waals surface area contributed by atoms with Crippen molar-refractivity contribution in [2.75, 3.05) is 13.1 Å². The standard InChI is InChI=1S/C20H29N3OS2/c1-14(2)23(15(3)4)11-10-21-19(24)18-8-6-17(7-9-18)13-26-20-22-16(5)12-25-20/h6-9,12,14-15H,10-11,13H2,1-5H3,(H,21,24). The predicted octanol–water partition coefficient (Wildman–Crippen LogP) is 4.59. The number of hydrogen-bond donors (Lipinski definition) is 1. The van der Waals surface area contributed by atoms with E-state index in [0.29, 0.717) is 24.2 Å². The summed E-state index contributed by atoms with van der Waals surface area (Å²) in [7, 11) is 0. The van der Waals surface area contributed by atoms with Gasteiger partial charge in [0.1, 0.15) is 4.34 Å². The van der Waals surface area contributed by atoms with Gasteiger partial charge in [0, 0.05) is 47.6 Å². The summed E-state index contributed by atoms with van der Waals surface area (Å²) in [6.07, 6.45) is 0. The Morgan fingerprint density at radius 3 is 2.38 bits per heavy atom. The molecule has 0 aliphatic rings. The van der Waals surface area contributed by atoms with Crippen molar-refractivity contribution < 1.29 is 4.79 Å². The van der Waals surface area contributed by atoms with Crippen LogP contribution >= 0.6 is 23.1 Å². The summed E-state index contributed by atoms with van der Waals surface area (Å²) >= 11 is 3.41. The maximum Gasteiger partial charge on any atom is 0.251 e. The van der Waals surface area contributed by atoms with E-state index in [1.807, 2.05) is 31.2 Å². The fourth-order valence-corrected chi connectivity index (χ4v) is 4.61. The second kappa shape index (κ2) is 10.1. The van der Waals surface area contributed by atoms with E-state index in [1.165, 1.54) is 5.56 Å². The van der Waals surface area contributed by atoms with Gasteiger partial charge in [0.2, 0.25) is 0 Å². The van der Waals surface area contributed by atoms with Crippen LogP contribution in [-0.2, 0) is 5.75 Å². The van der Waals surface area contributed by atoms with Crippen molar-refractivity contribution in [2.45, 2.75) is 56.8 Å². The third-order valence-corrected chi connectivity index (χ3v) is 6.37. The minimum absolute atomic E-state index is 0.00721. The van der Waals surface area contributed by atoms with Crippen molar-refractivity contribution in [2.24, 2.45) is 0 Å². The molecule has 6 heteroatoms. The molecule has 4 nitrogen and oxygen atoms in total. The van der Waals surface area contributed by atoms with Crippen molar-refractivity contribution in [3.63, 3.8) is 0 Å². The summed E-state index contributed by atoms with van der Waals surface area (Å²) < 4.78 is 1.09. The highest BCUT2D eigenvalue weighted by atomic mass is 32.2. The smallest absolute Gasteiger partial charge is 0.251 e. The molecule has 0 saturated carbocycles. The average molecular weight is 392 g/mol. The Kier molecular flexibility index (Phi) is 8.13. The predicted molar refractivity (Wildman–Crippen MR) is 112 cm³/mol. The van der Waals surface area contributed by atoms with Crippen molar-refractivity contribution in [1.82, 2.24) is 15.2 Å². The molecule has 0 fully saturated rings. The van der Waals surface area contributed by atoms with E-state index in [-0.39, 0.29) is 5.91 Å². The lowest BCUT2D eigenvalue weighted by molar-refractivity contribution is 0.0939. The highest BCUT2D eigenvalue weighted by molar-refractivity contribution is 8.00. The molecule has 142 valence electrons. The molecular formula is C20H29N3OS2. The van der Waals surface area contributed by atoms with Gasteiger partial charge in [-0.3, -0.25) is 9.69 Å². The maximum absolute atomic E-state index is 12.3. The van der Waals surface area contributed by atoms with Crippen molar-refractivity contribution in [3.8, 4) is 0 Å². The largest absolute Gasteiger partial charge is 0.351 e. The van der Waals surface area contributed by atoms with E-state index in [2.05, 4.69) is 48.3 Å². The van der Waals surface area contributed by atoms with Gasteiger partial charge in [0.15, 0.2) is 0 Å². The fraction of sp³-hybridized carbons (Fsp3) is 0.500. The van der Waals surface area contributed by atoms with Gasteiger partial charge >= 0.3 is 0 Å². The van der Waals surface area contributed by atoms with Gasteiger partial charge in [-0.2, -0.15) is 0 Å². The number of carbonyl (C=O) groups is 1. The van der Waals surface area contributed by atoms with Crippen LogP contribution in [0.3, 0.4) is 0 Å². The van der Waals surface area contributed by atoms with E-state index < -0.39 is 0 Å². The first-order valence-corrected chi connectivity index (χ1v) is 10.9. The summed E-state index contributed by atoms with van der Waals surface area (Å²) in [4.78, 5) is 19.1. The van der Waals surface area contributed by atoms with Crippen LogP contribution in [0, 0.1) is 6.92 Å². The summed E-state index contributed by atoms with van der Waals surface area (Å²) in [6, 6.07) is 8.81. The number of nitrogens with one attached hydrogen (secondary N) is 1. The van der Waals surface area contributed by atoms with Gasteiger partial charge < -0.3 is 5.32 Å². The average Bonchev–Trinajstić information content (AvgIpc) is 3.02. The third kappa shape index (κ3) is 6.41. The number of thioether (sulfide) groups is 1. The summed E-state index contributed by atoms with van der Waals surface area (Å²) in [5, 5.41) is 5.09. The number of benzene rings is 1. The zero-order valence-corrected chi connectivity index (χ0v) is 17.9. The van der Waals surface area contributed by atoms with Crippen LogP contribution < -0.4 is 5.32 Å². The molecule has 0 spiro atoms. The Balaban J connectivity index is 1.80. The first-order valence-electron chi connectivity index (χ1n) is 9.04. The molecule has 0 saturated heterocycles. The molecule has 1 N–H and O–H groups in total. The van der Waals surface area contributed by atoms with Crippen molar-refractivity contribution >= 4 is 29.0 Å². The lowest BCUT2D eigenvalue weighted by Crippen LogP contribution is -2.42. The van der Waals surface area contributed by atoms with Gasteiger partial charge in [-0.1, -0.05) is 23.9 Å². The van der Waals surface area contributed by atoms with Gasteiger partial charge in [-0.25, -0.2) is 4.98 Å². The molecule has 26 heavy (non-hydrogen) atoms. The van der Waals surface area contributed by atoms with E-state index >= 15 is 0 Å². The van der Waals surface area contributed by atoms with Crippen molar-refractivity contribution in [3.05, 3.63) is 46.5 Å². The Morgan fingerprint density at radius 1 is 1.19 bits per heavy atom. The lowest BCUT2D eigenvalue weighted by atomic mass is 10.1. The second-order valence-corrected chi connectivity index (χ2v) is 9.00. The van der Waals surface area contributed by atoms with E-state index in [4.69, 9.17) is 0 Å². The number of thiazole rings is 1. The van der Waals surface area contributed by atoms with Gasteiger partial charge in [0.05, 0.1) is 0 Å². The quantitative estimate of drug-likeness (QED) is 0.635. The Labute approximate surface area is 165 Å². The molecule has 1 amide bonds. The van der Waals surface area contributed by atoms with Crippen LogP contribution in [0.4, 0.5) is 0 Å². The van der Waals surface area contributed by atoms with Gasteiger partial charge in [-0.05, 0) is 52.3 Å². The van der Waals surface area contributed by atoms with E-state index in [0.717, 1.165) is 22.3 Å². The van der Waals surface area contributed by atoms with Gasteiger partial charge in [0.25, 0.3) is 5.91 Å². The second-order valence-electron chi connectivity index (χ2n) is 6.92. The monoisotopic (exact) mass is 391 g/mol. The molecular weight excluding hydrogens is 362 g/mol. The fourth-order valence-electron chi connectivity index (χ4n) is 2.81. The van der Waals surface area contributed by atoms with Crippen LogP contribution in [0.5, 0.6) is 0 Å². The number of rotatable bonds is 9. The van der Waals surface area contributed by atoms with Crippen LogP contribution in [0.25, 0.3) is 0 Å². The molecule has 0 aliphatic carbocycles. The molecule has 2 rings (SSSR count). The first-order chi connectivity index (χ1) is 12.4. The molecule has 2 aromatic rings. The van der Waals surface area contributed by atoms with Gasteiger partial charge in [-0.15, -0.1) is 11.3 Å². The molecule has 0 atom stereocenters. The number of amides is 1. The first kappa shape index (κ1) is 20.9. The number of aromatic nitrogens is 1. The topological polar surface area (TPSA) is 45.2 Å². The van der Waals surface area contributed by atoms with E-state index in [1.54, 1.807) is 23.1 Å². The molecule has 1 heterocycles. The number of hydrogen-bond acceptors (Lipinski definition) is 5. The molecule has 0 unspecified atom stereocenters. The molecule has 0 bridgehead atoms. The minimum Gasteiger partial charge on any atom is -0.351 e. The lowest BCUT2D eigenvalue weighted by Gasteiger charge is -2.30. The van der Waals surface area contributed by atoms with Crippen LogP contribution in [-0.4, -0.2) is 41.0 Å². The normalized spacial score (nSPS) is 11.5. The third-order valence-electron chi connectivity index (χ3n) is 4.16. The minimum atomic E-state index is -0.00721. The zero-order valence-electron chi connectivity index (χ0n) is 16.3. The summed E-state index contributed by atoms with van der Waals surface area (Å²) in [5.41, 5.74) is 2.98. The molecule has 0 aliphatic heterocycles.